The van der Waals surface area contributed by atoms with Gasteiger partial charge in [0.2, 0.25) is 15.9 Å². The molecule has 1 fully saturated rings. The van der Waals surface area contributed by atoms with E-state index in [-0.39, 0.29) is 28.5 Å². The lowest BCUT2D eigenvalue weighted by molar-refractivity contribution is -0.137. The van der Waals surface area contributed by atoms with Gasteiger partial charge >= 0.3 is 6.18 Å². The van der Waals surface area contributed by atoms with E-state index in [2.05, 4.69) is 4.72 Å². The summed E-state index contributed by atoms with van der Waals surface area (Å²) in [4.78, 5) is 14.3. The summed E-state index contributed by atoms with van der Waals surface area (Å²) >= 11 is 1.15. The molecule has 10 heteroatoms. The Morgan fingerprint density at radius 3 is 2.37 bits per heavy atom. The number of nitrogens with one attached hydrogen (secondary N) is 1. The molecule has 2 aromatic rings. The average molecular weight is 461 g/mol. The van der Waals surface area contributed by atoms with Crippen LogP contribution in [0, 0.1) is 0 Å². The van der Waals surface area contributed by atoms with Crippen molar-refractivity contribution in [1.29, 1.82) is 0 Å². The Morgan fingerprint density at radius 1 is 1.20 bits per heavy atom. The van der Waals surface area contributed by atoms with Gasteiger partial charge in [-0.2, -0.15) is 13.2 Å². The fraction of sp³-hybridized carbons (Fsp3) is 0.450. The number of alkyl halides is 3. The predicted molar refractivity (Wildman–Crippen MR) is 109 cm³/mol. The summed E-state index contributed by atoms with van der Waals surface area (Å²) in [5, 5.41) is 1.70. The highest BCUT2D eigenvalue weighted by atomic mass is 32.2. The van der Waals surface area contributed by atoms with Gasteiger partial charge in [-0.1, -0.05) is 25.1 Å². The molecule has 1 aromatic carbocycles. The summed E-state index contributed by atoms with van der Waals surface area (Å²) in [6.07, 6.45) is -3.15. The van der Waals surface area contributed by atoms with E-state index in [1.807, 2.05) is 6.92 Å². The third-order valence-corrected chi connectivity index (χ3v) is 8.14. The molecule has 2 heterocycles. The minimum Gasteiger partial charge on any atom is -0.343 e. The van der Waals surface area contributed by atoms with E-state index in [1.165, 1.54) is 12.1 Å². The molecule has 0 bridgehead atoms. The maximum absolute atomic E-state index is 12.7. The van der Waals surface area contributed by atoms with Crippen LogP contribution in [0.2, 0.25) is 0 Å². The lowest BCUT2D eigenvalue weighted by Gasteiger charge is -2.32. The molecule has 0 radical (unpaired) electrons. The minimum absolute atomic E-state index is 0.0815. The smallest absolute Gasteiger partial charge is 0.343 e. The first-order chi connectivity index (χ1) is 14.1. The molecule has 1 saturated heterocycles. The molecule has 1 amide bonds. The summed E-state index contributed by atoms with van der Waals surface area (Å²) in [7, 11) is -3.54. The van der Waals surface area contributed by atoms with Crippen molar-refractivity contribution < 1.29 is 26.4 Å². The first-order valence-corrected chi connectivity index (χ1v) is 11.9. The van der Waals surface area contributed by atoms with Crippen LogP contribution in [0.1, 0.15) is 43.2 Å². The molecule has 1 atom stereocenters. The summed E-state index contributed by atoms with van der Waals surface area (Å²) in [5.41, 5.74) is -0.0354. The van der Waals surface area contributed by atoms with E-state index in [1.54, 1.807) is 22.4 Å². The quantitative estimate of drug-likeness (QED) is 0.702. The molecule has 164 valence electrons. The van der Waals surface area contributed by atoms with Crippen LogP contribution in [0.4, 0.5) is 13.2 Å². The van der Waals surface area contributed by atoms with Gasteiger partial charge in [0.15, 0.2) is 0 Å². The molecule has 1 N–H and O–H groups in total. The van der Waals surface area contributed by atoms with Crippen LogP contribution in [0.5, 0.6) is 0 Å². The van der Waals surface area contributed by atoms with Crippen LogP contribution in [0.3, 0.4) is 0 Å². The van der Waals surface area contributed by atoms with Gasteiger partial charge in [0.05, 0.1) is 5.56 Å². The molecule has 1 aliphatic heterocycles. The standard InChI is InChI=1S/C20H23F3N2O3S2/c1-14(15-4-6-16(7-5-15)20(21,22)23)13-18(26)25-10-8-17(9-11-25)24-30(27,28)19-3-2-12-29-19/h2-7,12,14,17,24H,8-11,13H2,1H3. The number of piperidine rings is 1. The Morgan fingerprint density at radius 2 is 1.83 bits per heavy atom. The van der Waals surface area contributed by atoms with E-state index in [9.17, 15) is 26.4 Å². The Bertz CT molecular complexity index is 950. The van der Waals surface area contributed by atoms with Gasteiger partial charge in [-0.15, -0.1) is 11.3 Å². The highest BCUT2D eigenvalue weighted by molar-refractivity contribution is 7.91. The van der Waals surface area contributed by atoms with Crippen molar-refractivity contribution in [3.63, 3.8) is 0 Å². The lowest BCUT2D eigenvalue weighted by Crippen LogP contribution is -2.46. The van der Waals surface area contributed by atoms with Crippen molar-refractivity contribution in [3.05, 3.63) is 52.9 Å². The highest BCUT2D eigenvalue weighted by Gasteiger charge is 2.31. The zero-order valence-corrected chi connectivity index (χ0v) is 18.0. The zero-order chi connectivity index (χ0) is 21.9. The average Bonchev–Trinajstić information content (AvgIpc) is 3.23. The molecule has 1 unspecified atom stereocenters. The number of sulfonamides is 1. The van der Waals surface area contributed by atoms with Gasteiger partial charge in [-0.25, -0.2) is 13.1 Å². The monoisotopic (exact) mass is 460 g/mol. The van der Waals surface area contributed by atoms with Gasteiger partial charge in [0.1, 0.15) is 4.21 Å². The fourth-order valence-electron chi connectivity index (χ4n) is 3.45. The number of benzene rings is 1. The third kappa shape index (κ3) is 5.61. The molecular formula is C20H23F3N2O3S2. The van der Waals surface area contributed by atoms with Gasteiger partial charge < -0.3 is 4.90 Å². The van der Waals surface area contributed by atoms with Crippen molar-refractivity contribution in [2.24, 2.45) is 0 Å². The van der Waals surface area contributed by atoms with E-state index in [4.69, 9.17) is 0 Å². The number of carbonyl (C=O) groups excluding carboxylic acids is 1. The molecule has 1 aliphatic rings. The van der Waals surface area contributed by atoms with Crippen molar-refractivity contribution in [1.82, 2.24) is 9.62 Å². The van der Waals surface area contributed by atoms with Crippen molar-refractivity contribution in [3.8, 4) is 0 Å². The normalized spacial score (nSPS) is 17.1. The largest absolute Gasteiger partial charge is 0.416 e. The van der Waals surface area contributed by atoms with Crippen molar-refractivity contribution in [2.75, 3.05) is 13.1 Å². The Kier molecular flexibility index (Phi) is 6.88. The Labute approximate surface area is 178 Å². The number of carbonyl (C=O) groups is 1. The van der Waals surface area contributed by atoms with Gasteiger partial charge in [0.25, 0.3) is 0 Å². The maximum atomic E-state index is 12.7. The molecule has 0 aliphatic carbocycles. The second-order valence-corrected chi connectivity index (χ2v) is 10.3. The van der Waals surface area contributed by atoms with E-state index in [0.29, 0.717) is 31.5 Å². The number of hydrogen-bond donors (Lipinski definition) is 1. The molecule has 30 heavy (non-hydrogen) atoms. The van der Waals surface area contributed by atoms with Gasteiger partial charge in [-0.3, -0.25) is 4.79 Å². The van der Waals surface area contributed by atoms with E-state index in [0.717, 1.165) is 23.5 Å². The lowest BCUT2D eigenvalue weighted by atomic mass is 9.95. The number of thiophene rings is 1. The van der Waals surface area contributed by atoms with Gasteiger partial charge in [0, 0.05) is 25.6 Å². The van der Waals surface area contributed by atoms with Crippen molar-refractivity contribution in [2.45, 2.75) is 48.5 Å². The summed E-state index contributed by atoms with van der Waals surface area (Å²) < 4.78 is 65.6. The Hall–Kier alpha value is -1.91. The number of amides is 1. The van der Waals surface area contributed by atoms with Crippen LogP contribution in [-0.4, -0.2) is 38.4 Å². The summed E-state index contributed by atoms with van der Waals surface area (Å²) in [6.45, 7) is 2.69. The third-order valence-electron chi connectivity index (χ3n) is 5.22. The number of rotatable bonds is 6. The molecule has 0 saturated carbocycles. The highest BCUT2D eigenvalue weighted by Crippen LogP contribution is 2.31. The molecule has 0 spiro atoms. The molecule has 5 nitrogen and oxygen atoms in total. The van der Waals surface area contributed by atoms with Crippen LogP contribution < -0.4 is 4.72 Å². The Balaban J connectivity index is 1.50. The van der Waals surface area contributed by atoms with E-state index >= 15 is 0 Å². The first-order valence-electron chi connectivity index (χ1n) is 9.57. The van der Waals surface area contributed by atoms with Crippen LogP contribution >= 0.6 is 11.3 Å². The van der Waals surface area contributed by atoms with Crippen molar-refractivity contribution >= 4 is 27.3 Å². The predicted octanol–water partition coefficient (Wildman–Crippen LogP) is 4.23. The minimum atomic E-state index is -4.38. The van der Waals surface area contributed by atoms with E-state index < -0.39 is 21.8 Å². The number of likely N-dealkylation sites (tertiary alicyclic amines) is 1. The van der Waals surface area contributed by atoms with Gasteiger partial charge in [-0.05, 0) is 47.9 Å². The molecule has 3 rings (SSSR count). The molecule has 1 aromatic heterocycles. The SMILES string of the molecule is CC(CC(=O)N1CCC(NS(=O)(=O)c2cccs2)CC1)c1ccc(C(F)(F)F)cc1. The first kappa shape index (κ1) is 22.8. The number of hydrogen-bond acceptors (Lipinski definition) is 4. The number of halogens is 3. The topological polar surface area (TPSA) is 66.5 Å². The van der Waals surface area contributed by atoms with Crippen LogP contribution in [0.15, 0.2) is 46.0 Å². The van der Waals surface area contributed by atoms with Crippen LogP contribution in [-0.2, 0) is 21.0 Å². The number of nitrogens with zero attached hydrogens (tertiary/aromatic N) is 1. The summed E-state index contributed by atoms with van der Waals surface area (Å²) in [6, 6.07) is 7.88. The second-order valence-electron chi connectivity index (χ2n) is 7.43. The fourth-order valence-corrected chi connectivity index (χ4v) is 5.76. The maximum Gasteiger partial charge on any atom is 0.416 e. The summed E-state index contributed by atoms with van der Waals surface area (Å²) in [5.74, 6) is -0.295. The zero-order valence-electron chi connectivity index (χ0n) is 16.4. The molecular weight excluding hydrogens is 437 g/mol. The van der Waals surface area contributed by atoms with Crippen LogP contribution in [0.25, 0.3) is 0 Å². The second kappa shape index (κ2) is 9.07.